The Bertz CT molecular complexity index is 1570. The first-order valence-electron chi connectivity index (χ1n) is 20.6. The summed E-state index contributed by atoms with van der Waals surface area (Å²) >= 11 is 0. The van der Waals surface area contributed by atoms with E-state index in [1.54, 1.807) is 39.5 Å². The van der Waals surface area contributed by atoms with Gasteiger partial charge in [-0.25, -0.2) is 9.59 Å². The number of hydrogen-bond donors (Lipinski definition) is 7. The minimum Gasteiger partial charge on any atom is -0.467 e. The van der Waals surface area contributed by atoms with Crippen LogP contribution in [0.15, 0.2) is 30.3 Å². The first kappa shape index (κ1) is 50.4. The van der Waals surface area contributed by atoms with Gasteiger partial charge in [0.1, 0.15) is 29.8 Å². The number of nitrogens with zero attached hydrogens (tertiary/aromatic N) is 1. The van der Waals surface area contributed by atoms with Crippen LogP contribution in [-0.4, -0.2) is 120 Å². The minimum atomic E-state index is -1.45. The number of ether oxygens (including phenoxy) is 2. The van der Waals surface area contributed by atoms with Gasteiger partial charge in [0.2, 0.25) is 29.5 Å². The zero-order valence-corrected chi connectivity index (χ0v) is 36.5. The van der Waals surface area contributed by atoms with Crippen molar-refractivity contribution in [2.75, 3.05) is 20.2 Å². The molecule has 0 aliphatic carbocycles. The van der Waals surface area contributed by atoms with Gasteiger partial charge in [-0.1, -0.05) is 78.3 Å². The molecule has 1 aliphatic heterocycles. The number of carbonyl (C=O) groups is 7. The van der Waals surface area contributed by atoms with Gasteiger partial charge in [-0.3, -0.25) is 28.9 Å². The fourth-order valence-electron chi connectivity index (χ4n) is 6.80. The third-order valence-corrected chi connectivity index (χ3v) is 10.1. The second-order valence-electron chi connectivity index (χ2n) is 17.2. The van der Waals surface area contributed by atoms with E-state index in [0.29, 0.717) is 25.8 Å². The van der Waals surface area contributed by atoms with Crippen LogP contribution < -0.4 is 32.3 Å². The largest absolute Gasteiger partial charge is 0.467 e. The zero-order valence-electron chi connectivity index (χ0n) is 36.5. The van der Waals surface area contributed by atoms with E-state index in [4.69, 9.17) is 15.2 Å². The van der Waals surface area contributed by atoms with Crippen molar-refractivity contribution in [2.45, 2.75) is 149 Å². The molecule has 6 amide bonds. The average Bonchev–Trinajstić information content (AvgIpc) is 3.61. The molecule has 17 heteroatoms. The van der Waals surface area contributed by atoms with Gasteiger partial charge in [-0.2, -0.15) is 0 Å². The molecule has 1 aromatic carbocycles. The van der Waals surface area contributed by atoms with Crippen molar-refractivity contribution in [3.8, 4) is 0 Å². The molecule has 1 heterocycles. The van der Waals surface area contributed by atoms with Crippen molar-refractivity contribution >= 4 is 41.6 Å². The third-order valence-electron chi connectivity index (χ3n) is 10.1. The Morgan fingerprint density at radius 2 is 1.49 bits per heavy atom. The molecule has 0 bridgehead atoms. The van der Waals surface area contributed by atoms with Gasteiger partial charge in [0.25, 0.3) is 0 Å². The van der Waals surface area contributed by atoms with Crippen LogP contribution in [0.2, 0.25) is 0 Å². The van der Waals surface area contributed by atoms with E-state index >= 15 is 0 Å². The molecule has 1 saturated heterocycles. The summed E-state index contributed by atoms with van der Waals surface area (Å²) in [5, 5.41) is 25.4. The molecule has 1 fully saturated rings. The fraction of sp³-hybridized carbons (Fsp3) is 0.690. The lowest BCUT2D eigenvalue weighted by atomic mass is 9.96. The van der Waals surface area contributed by atoms with Gasteiger partial charge >= 0.3 is 12.1 Å². The van der Waals surface area contributed by atoms with E-state index in [2.05, 4.69) is 26.6 Å². The second-order valence-corrected chi connectivity index (χ2v) is 17.2. The highest BCUT2D eigenvalue weighted by Gasteiger charge is 2.39. The quantitative estimate of drug-likeness (QED) is 0.0829. The highest BCUT2D eigenvalue weighted by Crippen LogP contribution is 2.21. The van der Waals surface area contributed by atoms with E-state index in [9.17, 15) is 38.7 Å². The average molecular weight is 832 g/mol. The molecule has 0 saturated carbocycles. The molecule has 0 aromatic heterocycles. The third kappa shape index (κ3) is 17.2. The molecular formula is C42H69N7O10. The Balaban J connectivity index is 2.32. The molecule has 59 heavy (non-hydrogen) atoms. The highest BCUT2D eigenvalue weighted by atomic mass is 16.6. The standard InChI is InChI=1S/C42H69N7O10/c1-11-26(6)35(39(55)47-34(25(4)5)40(56)58-10)48-38(54)31-18-15-19-49(31)23-32(50)28(21-27-16-13-12-14-17-27)44-37(53)30(22-33(43)51)45-36(52)29(20-24(2)3)46-41(57)59-42(7,8)9/h12-14,16-17,24-26,28-32,34-35,50H,11,15,18-23H2,1-10H3,(H2,43,51)(H,44,53)(H,45,52)(H,46,57)(H,47,55)(H,48,54)/t26-,28-,29-,30-,31?,32+,34-,35-/m0/s1. The van der Waals surface area contributed by atoms with Gasteiger partial charge in [0, 0.05) is 6.54 Å². The number of benzene rings is 1. The maximum Gasteiger partial charge on any atom is 0.408 e. The van der Waals surface area contributed by atoms with Crippen LogP contribution in [0.1, 0.15) is 100.0 Å². The number of primary amides is 1. The number of rotatable bonds is 22. The van der Waals surface area contributed by atoms with Crippen molar-refractivity contribution in [1.82, 2.24) is 31.5 Å². The molecule has 8 N–H and O–H groups in total. The molecule has 1 aromatic rings. The summed E-state index contributed by atoms with van der Waals surface area (Å²) in [4.78, 5) is 93.9. The predicted molar refractivity (Wildman–Crippen MR) is 221 cm³/mol. The zero-order chi connectivity index (χ0) is 44.6. The number of carbonyl (C=O) groups excluding carboxylic acids is 7. The maximum absolute atomic E-state index is 13.9. The number of β-amino-alcohol motifs (C(OH)–C–C–N with tert-alkyl or cyclic N) is 1. The van der Waals surface area contributed by atoms with Gasteiger partial charge in [-0.05, 0) is 76.3 Å². The van der Waals surface area contributed by atoms with Crippen LogP contribution in [-0.2, 0) is 44.7 Å². The van der Waals surface area contributed by atoms with E-state index in [1.807, 2.05) is 58.0 Å². The molecule has 0 radical (unpaired) electrons. The number of alkyl carbamates (subject to hydrolysis) is 1. The van der Waals surface area contributed by atoms with Crippen molar-refractivity contribution < 1.29 is 48.1 Å². The normalized spacial score (nSPS) is 18.0. The Labute approximate surface area is 349 Å². The number of esters is 1. The van der Waals surface area contributed by atoms with Crippen LogP contribution in [0.3, 0.4) is 0 Å². The van der Waals surface area contributed by atoms with Crippen LogP contribution in [0.4, 0.5) is 4.79 Å². The number of nitrogens with two attached hydrogens (primary N) is 1. The second kappa shape index (κ2) is 23.7. The van der Waals surface area contributed by atoms with Crippen molar-refractivity contribution in [3.05, 3.63) is 35.9 Å². The van der Waals surface area contributed by atoms with Crippen molar-refractivity contribution in [1.29, 1.82) is 0 Å². The summed E-state index contributed by atoms with van der Waals surface area (Å²) < 4.78 is 10.2. The summed E-state index contributed by atoms with van der Waals surface area (Å²) in [6.07, 6.45) is -0.659. The Kier molecular flexibility index (Phi) is 20.3. The van der Waals surface area contributed by atoms with Gasteiger partial charge in [-0.15, -0.1) is 0 Å². The van der Waals surface area contributed by atoms with Gasteiger partial charge in [0.15, 0.2) is 0 Å². The molecule has 1 unspecified atom stereocenters. The maximum atomic E-state index is 13.9. The topological polar surface area (TPSA) is 248 Å². The first-order chi connectivity index (χ1) is 27.6. The summed E-state index contributed by atoms with van der Waals surface area (Å²) in [6, 6.07) is 3.00. The molecule has 17 nitrogen and oxygen atoms in total. The lowest BCUT2D eigenvalue weighted by molar-refractivity contribution is -0.147. The molecule has 1 aliphatic rings. The summed E-state index contributed by atoms with van der Waals surface area (Å²) in [5.74, 6) is -4.50. The first-order valence-corrected chi connectivity index (χ1v) is 20.6. The number of likely N-dealkylation sites (tertiary alicyclic amines) is 1. The summed E-state index contributed by atoms with van der Waals surface area (Å²) in [6.45, 7) is 16.4. The Morgan fingerprint density at radius 3 is 2.03 bits per heavy atom. The number of methoxy groups -OCH3 is 1. The molecule has 2 rings (SSSR count). The van der Waals surface area contributed by atoms with E-state index < -0.39 is 96.0 Å². The monoisotopic (exact) mass is 832 g/mol. The van der Waals surface area contributed by atoms with Crippen LogP contribution in [0.25, 0.3) is 0 Å². The van der Waals surface area contributed by atoms with Gasteiger partial charge < -0.3 is 46.9 Å². The predicted octanol–water partition coefficient (Wildman–Crippen LogP) is 1.68. The molecule has 0 spiro atoms. The lowest BCUT2D eigenvalue weighted by Gasteiger charge is -2.33. The van der Waals surface area contributed by atoms with E-state index in [-0.39, 0.29) is 37.1 Å². The Morgan fingerprint density at radius 1 is 0.864 bits per heavy atom. The molecule has 332 valence electrons. The SMILES string of the molecule is CC[C@H](C)[C@H](NC(=O)C1CCCN1C[C@@H](O)[C@H](Cc1ccccc1)NC(=O)[C@H](CC(N)=O)NC(=O)[C@H](CC(C)C)NC(=O)OC(C)(C)C)C(=O)N[C@H](C(=O)OC)C(C)C. The number of aliphatic hydroxyl groups is 1. The molecule has 8 atom stereocenters. The van der Waals surface area contributed by atoms with Crippen LogP contribution in [0, 0.1) is 17.8 Å². The van der Waals surface area contributed by atoms with Crippen LogP contribution in [0.5, 0.6) is 0 Å². The number of amides is 6. The van der Waals surface area contributed by atoms with Gasteiger partial charge in [0.05, 0.1) is 31.7 Å². The van der Waals surface area contributed by atoms with Crippen molar-refractivity contribution in [3.63, 3.8) is 0 Å². The highest BCUT2D eigenvalue weighted by molar-refractivity contribution is 5.94. The number of aliphatic hydroxyl groups excluding tert-OH is 1. The Hall–Kier alpha value is -4.77. The minimum absolute atomic E-state index is 0.0447. The molecular weight excluding hydrogens is 763 g/mol. The smallest absolute Gasteiger partial charge is 0.408 e. The summed E-state index contributed by atoms with van der Waals surface area (Å²) in [7, 11) is 1.24. The number of hydrogen-bond acceptors (Lipinski definition) is 11. The van der Waals surface area contributed by atoms with E-state index in [1.165, 1.54) is 7.11 Å². The van der Waals surface area contributed by atoms with Crippen LogP contribution >= 0.6 is 0 Å². The summed E-state index contributed by atoms with van der Waals surface area (Å²) in [5.41, 5.74) is 5.46. The fourth-order valence-corrected chi connectivity index (χ4v) is 6.80. The number of nitrogens with one attached hydrogen (secondary N) is 5. The van der Waals surface area contributed by atoms with Crippen molar-refractivity contribution in [2.24, 2.45) is 23.5 Å². The van der Waals surface area contributed by atoms with E-state index in [0.717, 1.165) is 5.56 Å². The lowest BCUT2D eigenvalue weighted by Crippen LogP contribution is -2.59.